The van der Waals surface area contributed by atoms with Crippen LogP contribution in [0.1, 0.15) is 36.4 Å². The molecular weight excluding hydrogens is 272 g/mol. The Kier molecular flexibility index (Phi) is 4.20. The minimum Gasteiger partial charge on any atom is -0.338 e. The second-order valence-electron chi connectivity index (χ2n) is 5.52. The Bertz CT molecular complexity index is 700. The third-order valence-corrected chi connectivity index (χ3v) is 4.09. The number of pyridine rings is 1. The number of carbonyl (C=O) groups excluding carboxylic acids is 1. The maximum atomic E-state index is 11.9. The Hall–Kier alpha value is -2.60. The molecule has 1 fully saturated rings. The van der Waals surface area contributed by atoms with E-state index in [9.17, 15) is 4.79 Å². The largest absolute Gasteiger partial charge is 0.338 e. The molecule has 1 aromatic heterocycles. The lowest BCUT2D eigenvalue weighted by Crippen LogP contribution is -2.29. The second kappa shape index (κ2) is 6.44. The lowest BCUT2D eigenvalue weighted by Gasteiger charge is -2.18. The number of hydrogen-bond acceptors (Lipinski definition) is 2. The van der Waals surface area contributed by atoms with Crippen molar-refractivity contribution in [1.29, 1.82) is 0 Å². The number of nitrogens with one attached hydrogen (secondary N) is 1. The predicted octanol–water partition coefficient (Wildman–Crippen LogP) is 3.07. The van der Waals surface area contributed by atoms with Crippen LogP contribution >= 0.6 is 0 Å². The molecule has 110 valence electrons. The Labute approximate surface area is 130 Å². The third-order valence-electron chi connectivity index (χ3n) is 4.09. The average molecular weight is 290 g/mol. The van der Waals surface area contributed by atoms with Crippen LogP contribution in [0.25, 0.3) is 0 Å². The first-order chi connectivity index (χ1) is 10.8. The molecule has 3 atom stereocenters. The fourth-order valence-electron chi connectivity index (χ4n) is 2.97. The van der Waals surface area contributed by atoms with Gasteiger partial charge in [0, 0.05) is 12.4 Å². The first-order valence-electron chi connectivity index (χ1n) is 7.47. The van der Waals surface area contributed by atoms with Crippen molar-refractivity contribution in [3.8, 4) is 11.8 Å². The van der Waals surface area contributed by atoms with Gasteiger partial charge in [0.15, 0.2) is 0 Å². The number of benzene rings is 1. The van der Waals surface area contributed by atoms with Gasteiger partial charge in [0.2, 0.25) is 0 Å². The van der Waals surface area contributed by atoms with Crippen LogP contribution in [0.2, 0.25) is 0 Å². The van der Waals surface area contributed by atoms with Gasteiger partial charge in [-0.2, -0.15) is 0 Å². The molecule has 3 nitrogen and oxygen atoms in total. The smallest absolute Gasteiger partial charge is 0.296 e. The van der Waals surface area contributed by atoms with Crippen molar-refractivity contribution in [3.05, 3.63) is 66.0 Å². The first kappa shape index (κ1) is 14.3. The lowest BCUT2D eigenvalue weighted by molar-refractivity contribution is -0.116. The summed E-state index contributed by atoms with van der Waals surface area (Å²) in [4.78, 5) is 16.0. The zero-order valence-electron chi connectivity index (χ0n) is 12.5. The second-order valence-corrected chi connectivity index (χ2v) is 5.52. The van der Waals surface area contributed by atoms with Gasteiger partial charge >= 0.3 is 0 Å². The molecule has 0 bridgehead atoms. The number of carbonyl (C=O) groups is 1. The molecule has 3 heteroatoms. The Morgan fingerprint density at radius 2 is 1.95 bits per heavy atom. The molecule has 1 amide bonds. The van der Waals surface area contributed by atoms with Crippen molar-refractivity contribution in [3.63, 3.8) is 0 Å². The number of nitrogens with zero attached hydrogens (tertiary/aromatic N) is 1. The Morgan fingerprint density at radius 3 is 2.64 bits per heavy atom. The molecular formula is C19H18N2O. The molecule has 22 heavy (non-hydrogen) atoms. The van der Waals surface area contributed by atoms with E-state index in [2.05, 4.69) is 46.4 Å². The minimum atomic E-state index is -0.211. The van der Waals surface area contributed by atoms with E-state index in [-0.39, 0.29) is 11.9 Å². The van der Waals surface area contributed by atoms with Crippen LogP contribution in [0.3, 0.4) is 0 Å². The van der Waals surface area contributed by atoms with Crippen molar-refractivity contribution in [1.82, 2.24) is 10.3 Å². The highest BCUT2D eigenvalue weighted by Crippen LogP contribution is 2.53. The van der Waals surface area contributed by atoms with E-state index >= 15 is 0 Å². The minimum absolute atomic E-state index is 0.00714. The number of hydrogen-bond donors (Lipinski definition) is 1. The predicted molar refractivity (Wildman–Crippen MR) is 85.9 cm³/mol. The molecule has 1 aliphatic rings. The summed E-state index contributed by atoms with van der Waals surface area (Å²) < 4.78 is 0. The molecule has 1 N–H and O–H groups in total. The first-order valence-corrected chi connectivity index (χ1v) is 7.47. The highest BCUT2D eigenvalue weighted by molar-refractivity contribution is 5.93. The van der Waals surface area contributed by atoms with Crippen molar-refractivity contribution >= 4 is 5.91 Å². The van der Waals surface area contributed by atoms with E-state index in [0.29, 0.717) is 11.8 Å². The molecule has 2 aromatic rings. The zero-order chi connectivity index (χ0) is 15.4. The standard InChI is InChI=1S/C19H18N2O/c1-2-6-18(22)21-19(15-7-4-3-5-8-15)17-13-16(17)14-9-11-20-12-10-14/h3-5,7-12,16-17,19H,13H2,1H3,(H,21,22). The fourth-order valence-corrected chi connectivity index (χ4v) is 2.97. The van der Waals surface area contributed by atoms with Crippen LogP contribution in [-0.4, -0.2) is 10.9 Å². The maximum absolute atomic E-state index is 11.9. The van der Waals surface area contributed by atoms with E-state index in [1.54, 1.807) is 6.92 Å². The summed E-state index contributed by atoms with van der Waals surface area (Å²) in [6.45, 7) is 1.67. The van der Waals surface area contributed by atoms with Gasteiger partial charge in [-0.15, -0.1) is 0 Å². The highest BCUT2D eigenvalue weighted by Gasteiger charge is 2.44. The average Bonchev–Trinajstić information content (AvgIpc) is 3.35. The molecule has 0 spiro atoms. The van der Waals surface area contributed by atoms with Gasteiger partial charge in [-0.05, 0) is 54.4 Å². The maximum Gasteiger partial charge on any atom is 0.296 e. The molecule has 0 radical (unpaired) electrons. The Balaban J connectivity index is 1.81. The quantitative estimate of drug-likeness (QED) is 0.879. The van der Waals surface area contributed by atoms with Crippen LogP contribution in [0.4, 0.5) is 0 Å². The van der Waals surface area contributed by atoms with Gasteiger partial charge in [-0.3, -0.25) is 9.78 Å². The molecule has 0 aliphatic heterocycles. The fraction of sp³-hybridized carbons (Fsp3) is 0.263. The third kappa shape index (κ3) is 3.17. The Morgan fingerprint density at radius 1 is 1.23 bits per heavy atom. The van der Waals surface area contributed by atoms with Crippen molar-refractivity contribution in [2.24, 2.45) is 5.92 Å². The van der Waals surface area contributed by atoms with Crippen LogP contribution in [-0.2, 0) is 4.79 Å². The van der Waals surface area contributed by atoms with E-state index in [4.69, 9.17) is 0 Å². The summed E-state index contributed by atoms with van der Waals surface area (Å²) in [6, 6.07) is 14.2. The molecule has 1 saturated carbocycles. The van der Waals surface area contributed by atoms with E-state index in [1.807, 2.05) is 30.6 Å². The summed E-state index contributed by atoms with van der Waals surface area (Å²) in [5, 5.41) is 3.07. The van der Waals surface area contributed by atoms with Gasteiger partial charge in [0.05, 0.1) is 6.04 Å². The highest BCUT2D eigenvalue weighted by atomic mass is 16.1. The van der Waals surface area contributed by atoms with Gasteiger partial charge in [-0.1, -0.05) is 36.3 Å². The van der Waals surface area contributed by atoms with Crippen LogP contribution in [0, 0.1) is 17.8 Å². The van der Waals surface area contributed by atoms with Gasteiger partial charge in [-0.25, -0.2) is 0 Å². The molecule has 0 saturated heterocycles. The summed E-state index contributed by atoms with van der Waals surface area (Å²) in [7, 11) is 0. The van der Waals surface area contributed by atoms with Crippen molar-refractivity contribution in [2.75, 3.05) is 0 Å². The summed E-state index contributed by atoms with van der Waals surface area (Å²) >= 11 is 0. The van der Waals surface area contributed by atoms with E-state index < -0.39 is 0 Å². The molecule has 1 heterocycles. The topological polar surface area (TPSA) is 42.0 Å². The van der Waals surface area contributed by atoms with Crippen molar-refractivity contribution in [2.45, 2.75) is 25.3 Å². The molecule has 1 aliphatic carbocycles. The van der Waals surface area contributed by atoms with Gasteiger partial charge in [0.25, 0.3) is 5.91 Å². The lowest BCUT2D eigenvalue weighted by atomic mass is 9.99. The van der Waals surface area contributed by atoms with Gasteiger partial charge in [0.1, 0.15) is 0 Å². The monoisotopic (exact) mass is 290 g/mol. The van der Waals surface area contributed by atoms with Crippen LogP contribution in [0.5, 0.6) is 0 Å². The van der Waals surface area contributed by atoms with Crippen molar-refractivity contribution < 1.29 is 4.79 Å². The van der Waals surface area contributed by atoms with E-state index in [1.165, 1.54) is 5.56 Å². The summed E-state index contributed by atoms with van der Waals surface area (Å²) in [6.07, 6.45) is 4.72. The molecule has 3 rings (SSSR count). The summed E-state index contributed by atoms with van der Waals surface area (Å²) in [5.41, 5.74) is 2.42. The number of amides is 1. The normalized spacial score (nSPS) is 20.4. The zero-order valence-corrected chi connectivity index (χ0v) is 12.5. The van der Waals surface area contributed by atoms with Crippen LogP contribution < -0.4 is 5.32 Å². The SMILES string of the molecule is CC#CC(=O)NC(c1ccccc1)C1CC1c1ccncc1. The number of rotatable bonds is 4. The van der Waals surface area contributed by atoms with Gasteiger partial charge < -0.3 is 5.32 Å². The molecule has 3 unspecified atom stereocenters. The number of aromatic nitrogens is 1. The molecule has 1 aromatic carbocycles. The van der Waals surface area contributed by atoms with Crippen LogP contribution in [0.15, 0.2) is 54.9 Å². The summed E-state index contributed by atoms with van der Waals surface area (Å²) in [5.74, 6) is 5.90. The van der Waals surface area contributed by atoms with E-state index in [0.717, 1.165) is 12.0 Å².